The van der Waals surface area contributed by atoms with Crippen molar-refractivity contribution in [1.29, 1.82) is 0 Å². The number of halogens is 2. The number of carbonyl (C=O) groups excluding carboxylic acids is 1. The van der Waals surface area contributed by atoms with Crippen LogP contribution >= 0.6 is 31.9 Å². The molecule has 5 heteroatoms. The molecule has 1 heterocycles. The topological polar surface area (TPSA) is 44.9 Å². The number of carbonyl (C=O) groups is 1. The second-order valence-corrected chi connectivity index (χ2v) is 4.62. The third kappa shape index (κ3) is 2.84. The third-order valence-corrected chi connectivity index (χ3v) is 3.17. The minimum atomic E-state index is -0.0959. The summed E-state index contributed by atoms with van der Waals surface area (Å²) in [6.45, 7) is 3.84. The zero-order valence-electron chi connectivity index (χ0n) is 7.32. The molecule has 0 radical (unpaired) electrons. The monoisotopic (exact) mass is 308 g/mol. The van der Waals surface area contributed by atoms with Crippen molar-refractivity contribution < 1.29 is 4.79 Å². The van der Waals surface area contributed by atoms with Gasteiger partial charge in [0.2, 0.25) is 0 Å². The molecule has 72 valence electrons. The molecule has 0 saturated carbocycles. The van der Waals surface area contributed by atoms with E-state index in [9.17, 15) is 4.79 Å². The normalized spacial score (nSPS) is 10.5. The number of rotatable bonds is 2. The van der Waals surface area contributed by atoms with Gasteiger partial charge in [-0.15, -0.1) is 0 Å². The summed E-state index contributed by atoms with van der Waals surface area (Å²) in [7, 11) is 0. The fourth-order valence-corrected chi connectivity index (χ4v) is 1.52. The van der Waals surface area contributed by atoms with Crippen LogP contribution in [0.1, 0.15) is 24.3 Å². The molecule has 0 unspecified atom stereocenters. The van der Waals surface area contributed by atoms with Crippen molar-refractivity contribution in [1.82, 2.24) is 10.3 Å². The molecule has 0 spiro atoms. The van der Waals surface area contributed by atoms with Crippen LogP contribution in [-0.4, -0.2) is 16.9 Å². The van der Waals surface area contributed by atoms with E-state index in [1.54, 1.807) is 6.07 Å². The Balaban J connectivity index is 2.77. The Bertz CT molecular complexity index is 300. The van der Waals surface area contributed by atoms with E-state index in [0.29, 0.717) is 5.69 Å². The Morgan fingerprint density at radius 1 is 1.54 bits per heavy atom. The van der Waals surface area contributed by atoms with Crippen molar-refractivity contribution in [2.24, 2.45) is 0 Å². The lowest BCUT2D eigenvalue weighted by Gasteiger charge is -2.05. The molecule has 0 saturated heterocycles. The Morgan fingerprint density at radius 3 is 2.54 bits per heavy atom. The Hall–Kier alpha value is -0.290. The van der Waals surface area contributed by atoms with E-state index in [1.807, 2.05) is 13.8 Å². The van der Waals surface area contributed by atoms with E-state index in [-0.39, 0.29) is 11.9 Å². The highest BCUT2D eigenvalue weighted by Gasteiger charge is 2.11. The molecule has 0 fully saturated rings. The number of aromatic nitrogens is 1. The van der Waals surface area contributed by atoms with Crippen LogP contribution in [0.5, 0.6) is 0 Å². The van der Waals surface area contributed by atoms with Crippen molar-refractivity contribution in [2.45, 2.75) is 19.9 Å². The summed E-state index contributed by atoms with van der Waals surface area (Å²) in [5.41, 5.74) is 0.549. The van der Waals surface area contributed by atoms with E-state index >= 15 is 0 Å². The Kier molecular flexibility index (Phi) is 3.55. The summed E-state index contributed by atoms with van der Waals surface area (Å²) in [4.78, 5) is 14.3. The molecular formula is C8H10Br2N2O. The summed E-state index contributed by atoms with van der Waals surface area (Å²) in [5.74, 6) is -0.0959. The quantitative estimate of drug-likeness (QED) is 0.867. The van der Waals surface area contributed by atoms with E-state index < -0.39 is 0 Å². The lowest BCUT2D eigenvalue weighted by atomic mass is 10.3. The molecular weight excluding hydrogens is 300 g/mol. The Labute approximate surface area is 93.5 Å². The van der Waals surface area contributed by atoms with E-state index in [1.165, 1.54) is 0 Å². The van der Waals surface area contributed by atoms with Crippen molar-refractivity contribution in [2.75, 3.05) is 0 Å². The van der Waals surface area contributed by atoms with Crippen LogP contribution in [0.15, 0.2) is 15.1 Å². The first-order valence-corrected chi connectivity index (χ1v) is 5.44. The first-order chi connectivity index (χ1) is 6.00. The molecule has 0 bridgehead atoms. The van der Waals surface area contributed by atoms with Crippen LogP contribution in [0.25, 0.3) is 0 Å². The second kappa shape index (κ2) is 4.28. The van der Waals surface area contributed by atoms with E-state index in [4.69, 9.17) is 0 Å². The standard InChI is InChI=1S/C8H10Br2N2O/c1-4(2)11-8(13)6-3-5(9)7(10)12-6/h3-4,12H,1-2H3,(H,11,13). The maximum atomic E-state index is 11.4. The van der Waals surface area contributed by atoms with Crippen molar-refractivity contribution in [3.63, 3.8) is 0 Å². The molecule has 0 aliphatic rings. The highest BCUT2D eigenvalue weighted by atomic mass is 79.9. The van der Waals surface area contributed by atoms with Gasteiger partial charge >= 0.3 is 0 Å². The largest absolute Gasteiger partial charge is 0.349 e. The van der Waals surface area contributed by atoms with Gasteiger partial charge in [0.1, 0.15) is 5.69 Å². The van der Waals surface area contributed by atoms with Crippen LogP contribution in [0.3, 0.4) is 0 Å². The molecule has 1 aromatic heterocycles. The van der Waals surface area contributed by atoms with Gasteiger partial charge in [0, 0.05) is 6.04 Å². The zero-order chi connectivity index (χ0) is 10.0. The number of hydrogen-bond acceptors (Lipinski definition) is 1. The minimum absolute atomic E-state index is 0.0959. The van der Waals surface area contributed by atoms with Crippen LogP contribution in [-0.2, 0) is 0 Å². The van der Waals surface area contributed by atoms with Gasteiger partial charge in [-0.2, -0.15) is 0 Å². The lowest BCUT2D eigenvalue weighted by molar-refractivity contribution is 0.0938. The predicted octanol–water partition coefficient (Wildman–Crippen LogP) is 2.68. The molecule has 13 heavy (non-hydrogen) atoms. The van der Waals surface area contributed by atoms with Gasteiger partial charge in [-0.05, 0) is 51.8 Å². The van der Waals surface area contributed by atoms with E-state index in [0.717, 1.165) is 9.08 Å². The summed E-state index contributed by atoms with van der Waals surface area (Å²) < 4.78 is 1.63. The number of H-pyrrole nitrogens is 1. The van der Waals surface area contributed by atoms with Crippen LogP contribution < -0.4 is 5.32 Å². The summed E-state index contributed by atoms with van der Waals surface area (Å²) in [6.07, 6.45) is 0. The van der Waals surface area contributed by atoms with Gasteiger partial charge < -0.3 is 10.3 Å². The van der Waals surface area contributed by atoms with Crippen LogP contribution in [0.4, 0.5) is 0 Å². The third-order valence-electron chi connectivity index (χ3n) is 1.39. The number of amides is 1. The maximum absolute atomic E-state index is 11.4. The second-order valence-electron chi connectivity index (χ2n) is 2.97. The molecule has 2 N–H and O–H groups in total. The van der Waals surface area contributed by atoms with Crippen molar-refractivity contribution >= 4 is 37.8 Å². The maximum Gasteiger partial charge on any atom is 0.267 e. The minimum Gasteiger partial charge on any atom is -0.349 e. The highest BCUT2D eigenvalue weighted by molar-refractivity contribution is 9.13. The molecule has 1 rings (SSSR count). The molecule has 0 aromatic carbocycles. The fourth-order valence-electron chi connectivity index (χ4n) is 0.866. The zero-order valence-corrected chi connectivity index (χ0v) is 10.5. The average Bonchev–Trinajstić information content (AvgIpc) is 2.31. The van der Waals surface area contributed by atoms with Crippen LogP contribution in [0.2, 0.25) is 0 Å². The molecule has 1 aromatic rings. The SMILES string of the molecule is CC(C)NC(=O)c1cc(Br)c(Br)[nH]1. The molecule has 3 nitrogen and oxygen atoms in total. The number of nitrogens with one attached hydrogen (secondary N) is 2. The summed E-state index contributed by atoms with van der Waals surface area (Å²) in [6, 6.07) is 1.88. The van der Waals surface area contributed by atoms with Gasteiger partial charge in [0.25, 0.3) is 5.91 Å². The smallest absolute Gasteiger partial charge is 0.267 e. The lowest BCUT2D eigenvalue weighted by Crippen LogP contribution is -2.30. The molecule has 1 amide bonds. The summed E-state index contributed by atoms with van der Waals surface area (Å²) >= 11 is 6.56. The van der Waals surface area contributed by atoms with Crippen molar-refractivity contribution in [3.8, 4) is 0 Å². The van der Waals surface area contributed by atoms with Crippen molar-refractivity contribution in [3.05, 3.63) is 20.8 Å². The summed E-state index contributed by atoms with van der Waals surface area (Å²) in [5, 5.41) is 2.79. The number of hydrogen-bond donors (Lipinski definition) is 2. The first kappa shape index (κ1) is 10.8. The van der Waals surface area contributed by atoms with Crippen LogP contribution in [0, 0.1) is 0 Å². The van der Waals surface area contributed by atoms with Gasteiger partial charge in [-0.1, -0.05) is 0 Å². The highest BCUT2D eigenvalue weighted by Crippen LogP contribution is 2.22. The average molecular weight is 310 g/mol. The molecule has 0 atom stereocenters. The molecule has 0 aliphatic carbocycles. The van der Waals surface area contributed by atoms with Gasteiger partial charge in [-0.3, -0.25) is 4.79 Å². The van der Waals surface area contributed by atoms with Gasteiger partial charge in [0.15, 0.2) is 0 Å². The van der Waals surface area contributed by atoms with E-state index in [2.05, 4.69) is 42.2 Å². The Morgan fingerprint density at radius 2 is 2.15 bits per heavy atom. The fraction of sp³-hybridized carbons (Fsp3) is 0.375. The molecule has 0 aliphatic heterocycles. The van der Waals surface area contributed by atoms with Gasteiger partial charge in [-0.25, -0.2) is 0 Å². The van der Waals surface area contributed by atoms with Gasteiger partial charge in [0.05, 0.1) is 9.08 Å². The first-order valence-electron chi connectivity index (χ1n) is 3.85. The number of aromatic amines is 1. The predicted molar refractivity (Wildman–Crippen MR) is 58.8 cm³/mol.